The SMILES string of the molecule is N#CC(NC(=O)[C@H](CS(=O)(=O)Cc1ccccc1OC(F)F)NC(=O)N1CCOCC1)c1cccs1. The van der Waals surface area contributed by atoms with Crippen molar-refractivity contribution < 1.29 is 36.3 Å². The van der Waals surface area contributed by atoms with Gasteiger partial charge in [0.1, 0.15) is 11.8 Å². The number of amides is 3. The molecule has 2 N–H and O–H groups in total. The van der Waals surface area contributed by atoms with Crippen molar-refractivity contribution in [2.24, 2.45) is 0 Å². The summed E-state index contributed by atoms with van der Waals surface area (Å²) >= 11 is 1.23. The van der Waals surface area contributed by atoms with Crippen molar-refractivity contribution in [2.75, 3.05) is 32.1 Å². The second-order valence-electron chi connectivity index (χ2n) is 7.73. The number of hydrogen-bond donors (Lipinski definition) is 2. The largest absolute Gasteiger partial charge is 0.435 e. The summed E-state index contributed by atoms with van der Waals surface area (Å²) in [6.45, 7) is -2.07. The highest BCUT2D eigenvalue weighted by Gasteiger charge is 2.31. The first-order valence-electron chi connectivity index (χ1n) is 10.8. The first kappa shape index (κ1) is 27.3. The molecule has 0 spiro atoms. The molecule has 1 aliphatic rings. The van der Waals surface area contributed by atoms with Crippen molar-refractivity contribution in [3.05, 3.63) is 52.2 Å². The van der Waals surface area contributed by atoms with Crippen molar-refractivity contribution in [2.45, 2.75) is 24.4 Å². The Bertz CT molecular complexity index is 1180. The van der Waals surface area contributed by atoms with E-state index in [4.69, 9.17) is 4.74 Å². The van der Waals surface area contributed by atoms with Crippen LogP contribution in [0.3, 0.4) is 0 Å². The minimum atomic E-state index is -4.13. The van der Waals surface area contributed by atoms with Crippen molar-refractivity contribution in [3.63, 3.8) is 0 Å². The van der Waals surface area contributed by atoms with Crippen molar-refractivity contribution >= 4 is 33.1 Å². The predicted octanol–water partition coefficient (Wildman–Crippen LogP) is 2.06. The van der Waals surface area contributed by atoms with E-state index in [-0.39, 0.29) is 24.4 Å². The molecule has 1 aromatic heterocycles. The number of carbonyl (C=O) groups is 2. The Balaban J connectivity index is 1.79. The van der Waals surface area contributed by atoms with E-state index in [1.54, 1.807) is 17.5 Å². The summed E-state index contributed by atoms with van der Waals surface area (Å²) in [5, 5.41) is 16.1. The zero-order chi connectivity index (χ0) is 26.1. The molecule has 0 bridgehead atoms. The number of carbonyl (C=O) groups excluding carboxylic acids is 2. The molecule has 0 aliphatic carbocycles. The van der Waals surface area contributed by atoms with Crippen LogP contribution in [-0.4, -0.2) is 70.0 Å². The molecule has 0 radical (unpaired) electrons. The van der Waals surface area contributed by atoms with Gasteiger partial charge in [-0.3, -0.25) is 4.79 Å². The smallest absolute Gasteiger partial charge is 0.387 e. The van der Waals surface area contributed by atoms with Crippen LogP contribution in [0.5, 0.6) is 5.75 Å². The summed E-state index contributed by atoms with van der Waals surface area (Å²) in [6.07, 6.45) is 0. The van der Waals surface area contributed by atoms with E-state index in [0.29, 0.717) is 18.1 Å². The lowest BCUT2D eigenvalue weighted by Crippen LogP contribution is -2.56. The summed E-state index contributed by atoms with van der Waals surface area (Å²) in [4.78, 5) is 27.7. The number of benzene rings is 1. The second-order valence-corrected chi connectivity index (χ2v) is 10.8. The number of sulfone groups is 1. The van der Waals surface area contributed by atoms with E-state index in [1.165, 1.54) is 40.5 Å². The van der Waals surface area contributed by atoms with Gasteiger partial charge in [-0.15, -0.1) is 11.3 Å². The predicted molar refractivity (Wildman–Crippen MR) is 126 cm³/mol. The molecular formula is C22H24F2N4O6S2. The summed E-state index contributed by atoms with van der Waals surface area (Å²) in [7, 11) is -4.13. The Labute approximate surface area is 210 Å². The Morgan fingerprint density at radius 1 is 1.17 bits per heavy atom. The highest BCUT2D eigenvalue weighted by Crippen LogP contribution is 2.23. The number of nitrogens with zero attached hydrogens (tertiary/aromatic N) is 2. The molecule has 2 aromatic rings. The fourth-order valence-electron chi connectivity index (χ4n) is 3.44. The van der Waals surface area contributed by atoms with Gasteiger partial charge < -0.3 is 25.0 Å². The molecule has 36 heavy (non-hydrogen) atoms. The van der Waals surface area contributed by atoms with Crippen LogP contribution in [0.1, 0.15) is 16.5 Å². The number of morpholine rings is 1. The molecule has 194 valence electrons. The van der Waals surface area contributed by atoms with Crippen LogP contribution in [-0.2, 0) is 25.1 Å². The van der Waals surface area contributed by atoms with Gasteiger partial charge in [-0.1, -0.05) is 24.3 Å². The van der Waals surface area contributed by atoms with E-state index in [0.717, 1.165) is 0 Å². The zero-order valence-electron chi connectivity index (χ0n) is 18.9. The highest BCUT2D eigenvalue weighted by atomic mass is 32.2. The van der Waals surface area contributed by atoms with Crippen molar-refractivity contribution in [1.29, 1.82) is 5.26 Å². The highest BCUT2D eigenvalue weighted by molar-refractivity contribution is 7.90. The van der Waals surface area contributed by atoms with E-state index in [9.17, 15) is 32.0 Å². The van der Waals surface area contributed by atoms with Gasteiger partial charge >= 0.3 is 12.6 Å². The lowest BCUT2D eigenvalue weighted by atomic mass is 10.2. The van der Waals surface area contributed by atoms with Crippen LogP contribution in [0.25, 0.3) is 0 Å². The maximum absolute atomic E-state index is 13.1. The van der Waals surface area contributed by atoms with Crippen LogP contribution in [0.2, 0.25) is 0 Å². The van der Waals surface area contributed by atoms with Crippen LogP contribution in [0, 0.1) is 11.3 Å². The van der Waals surface area contributed by atoms with Crippen LogP contribution < -0.4 is 15.4 Å². The first-order valence-corrected chi connectivity index (χ1v) is 13.5. The Morgan fingerprint density at radius 2 is 1.89 bits per heavy atom. The third-order valence-electron chi connectivity index (χ3n) is 5.14. The third kappa shape index (κ3) is 7.87. The van der Waals surface area contributed by atoms with E-state index < -0.39 is 52.0 Å². The quantitative estimate of drug-likeness (QED) is 0.469. The second kappa shape index (κ2) is 12.6. The number of hydrogen-bond acceptors (Lipinski definition) is 8. The number of nitriles is 1. The minimum Gasteiger partial charge on any atom is -0.435 e. The molecule has 10 nitrogen and oxygen atoms in total. The van der Waals surface area contributed by atoms with Gasteiger partial charge in [-0.2, -0.15) is 14.0 Å². The molecule has 1 aromatic carbocycles. The van der Waals surface area contributed by atoms with Gasteiger partial charge in [-0.05, 0) is 17.5 Å². The fourth-order valence-corrected chi connectivity index (χ4v) is 5.73. The van der Waals surface area contributed by atoms with E-state index >= 15 is 0 Å². The van der Waals surface area contributed by atoms with Gasteiger partial charge in [0.2, 0.25) is 5.91 Å². The van der Waals surface area contributed by atoms with Gasteiger partial charge in [-0.25, -0.2) is 13.2 Å². The lowest BCUT2D eigenvalue weighted by Gasteiger charge is -2.29. The molecule has 0 saturated carbocycles. The van der Waals surface area contributed by atoms with Gasteiger partial charge in [0, 0.05) is 23.5 Å². The number of halogens is 2. The minimum absolute atomic E-state index is 0.0232. The number of thiophene rings is 1. The standard InChI is InChI=1S/C22H24F2N4O6S2/c23-21(24)34-18-5-2-1-4-15(18)13-36(31,32)14-17(27-22(30)28-7-9-33-10-8-28)20(29)26-16(12-25)19-6-3-11-35-19/h1-6,11,16-17,21H,7-10,13-14H2,(H,26,29)(H,27,30)/t16?,17-/m0/s1. The van der Waals surface area contributed by atoms with Gasteiger partial charge in [0.25, 0.3) is 0 Å². The molecule has 2 atom stereocenters. The monoisotopic (exact) mass is 542 g/mol. The summed E-state index contributed by atoms with van der Waals surface area (Å²) < 4.78 is 61.1. The Hall–Kier alpha value is -3.28. The Kier molecular flexibility index (Phi) is 9.57. The summed E-state index contributed by atoms with van der Waals surface area (Å²) in [6, 6.07) is 7.40. The van der Waals surface area contributed by atoms with Crippen LogP contribution in [0.4, 0.5) is 13.6 Å². The number of para-hydroxylation sites is 1. The normalized spacial score (nSPS) is 15.6. The van der Waals surface area contributed by atoms with Crippen molar-refractivity contribution in [1.82, 2.24) is 15.5 Å². The molecule has 3 rings (SSSR count). The topological polar surface area (TPSA) is 138 Å². The number of rotatable bonds is 10. The molecule has 14 heteroatoms. The molecule has 1 fully saturated rings. The maximum atomic E-state index is 13.1. The number of urea groups is 1. The van der Waals surface area contributed by atoms with Crippen LogP contribution >= 0.6 is 11.3 Å². The molecular weight excluding hydrogens is 518 g/mol. The fraction of sp³-hybridized carbons (Fsp3) is 0.409. The van der Waals surface area contributed by atoms with Crippen LogP contribution in [0.15, 0.2) is 41.8 Å². The lowest BCUT2D eigenvalue weighted by molar-refractivity contribution is -0.122. The number of alkyl halides is 2. The average Bonchev–Trinajstić information content (AvgIpc) is 3.38. The number of ether oxygens (including phenoxy) is 2. The molecule has 3 amide bonds. The van der Waals surface area contributed by atoms with Crippen molar-refractivity contribution in [3.8, 4) is 11.8 Å². The molecule has 1 unspecified atom stereocenters. The molecule has 1 aliphatic heterocycles. The summed E-state index contributed by atoms with van der Waals surface area (Å²) in [5.74, 6) is -2.73. The number of nitrogens with one attached hydrogen (secondary N) is 2. The van der Waals surface area contributed by atoms with E-state index in [1.807, 2.05) is 6.07 Å². The Morgan fingerprint density at radius 3 is 2.53 bits per heavy atom. The molecule has 1 saturated heterocycles. The van der Waals surface area contributed by atoms with Gasteiger partial charge in [0.05, 0.1) is 30.8 Å². The third-order valence-corrected chi connectivity index (χ3v) is 7.67. The van der Waals surface area contributed by atoms with E-state index in [2.05, 4.69) is 15.4 Å². The first-order chi connectivity index (χ1) is 17.2. The molecule has 2 heterocycles. The average molecular weight is 543 g/mol. The summed E-state index contributed by atoms with van der Waals surface area (Å²) in [5.41, 5.74) is -0.0232. The van der Waals surface area contributed by atoms with Gasteiger partial charge in [0.15, 0.2) is 15.9 Å². The maximum Gasteiger partial charge on any atom is 0.387 e. The zero-order valence-corrected chi connectivity index (χ0v) is 20.6.